The summed E-state index contributed by atoms with van der Waals surface area (Å²) in [4.78, 5) is 11.5. The molecule has 0 radical (unpaired) electrons. The van der Waals surface area contributed by atoms with Crippen molar-refractivity contribution in [2.75, 3.05) is 0 Å². The molecule has 1 rings (SSSR count). The number of hydrogen-bond acceptors (Lipinski definition) is 1. The van der Waals surface area contributed by atoms with Gasteiger partial charge in [0.05, 0.1) is 5.41 Å². The number of hydrogen-bond donors (Lipinski definition) is 1. The van der Waals surface area contributed by atoms with Gasteiger partial charge in [-0.3, -0.25) is 4.79 Å². The average Bonchev–Trinajstić information content (AvgIpc) is 2.18. The Morgan fingerprint density at radius 2 is 1.87 bits per heavy atom. The number of amides is 1. The first kappa shape index (κ1) is 11.8. The van der Waals surface area contributed by atoms with Gasteiger partial charge in [0.2, 0.25) is 5.91 Å². The van der Waals surface area contributed by atoms with Crippen LogP contribution in [0.25, 0.3) is 0 Å². The molecule has 15 heavy (non-hydrogen) atoms. The molecule has 0 heterocycles. The molecule has 1 unspecified atom stereocenters. The number of nitrogens with two attached hydrogens (primary N) is 1. The Labute approximate surface area is 91.5 Å². The molecular weight excluding hydrogens is 186 g/mol. The summed E-state index contributed by atoms with van der Waals surface area (Å²) in [5.74, 6) is -0.242. The lowest BCUT2D eigenvalue weighted by Gasteiger charge is -2.26. The maximum absolute atomic E-state index is 11.5. The fourth-order valence-electron chi connectivity index (χ4n) is 1.83. The maximum Gasteiger partial charge on any atom is 0.227 e. The van der Waals surface area contributed by atoms with E-state index >= 15 is 0 Å². The van der Waals surface area contributed by atoms with Gasteiger partial charge in [-0.05, 0) is 25.8 Å². The van der Waals surface area contributed by atoms with Crippen molar-refractivity contribution in [2.24, 2.45) is 5.73 Å². The molecule has 0 aliphatic rings. The Morgan fingerprint density at radius 3 is 2.27 bits per heavy atom. The number of benzene rings is 1. The van der Waals surface area contributed by atoms with Crippen molar-refractivity contribution >= 4 is 5.91 Å². The Balaban J connectivity index is 3.09. The summed E-state index contributed by atoms with van der Waals surface area (Å²) in [5.41, 5.74) is 7.18. The molecule has 0 fully saturated rings. The number of primary amides is 1. The highest BCUT2D eigenvalue weighted by Crippen LogP contribution is 2.28. The minimum atomic E-state index is -0.525. The lowest BCUT2D eigenvalue weighted by molar-refractivity contribution is -0.123. The predicted octanol–water partition coefficient (Wildman–Crippen LogP) is 2.54. The largest absolute Gasteiger partial charge is 0.369 e. The summed E-state index contributed by atoms with van der Waals surface area (Å²) >= 11 is 0. The lowest BCUT2D eigenvalue weighted by atomic mass is 9.78. The van der Waals surface area contributed by atoms with Crippen LogP contribution in [0.1, 0.15) is 37.8 Å². The predicted molar refractivity (Wildman–Crippen MR) is 62.6 cm³/mol. The molecule has 1 aromatic rings. The van der Waals surface area contributed by atoms with E-state index in [2.05, 4.69) is 6.92 Å². The summed E-state index contributed by atoms with van der Waals surface area (Å²) in [6.07, 6.45) is 1.75. The normalized spacial score (nSPS) is 14.6. The van der Waals surface area contributed by atoms with Gasteiger partial charge in [0, 0.05) is 0 Å². The second kappa shape index (κ2) is 4.47. The van der Waals surface area contributed by atoms with E-state index in [1.54, 1.807) is 0 Å². The third-order valence-electron chi connectivity index (χ3n) is 2.98. The molecule has 0 saturated heterocycles. The smallest absolute Gasteiger partial charge is 0.227 e. The second-order valence-electron chi connectivity index (χ2n) is 4.31. The third kappa shape index (κ3) is 2.38. The molecule has 0 saturated carbocycles. The van der Waals surface area contributed by atoms with Gasteiger partial charge >= 0.3 is 0 Å². The van der Waals surface area contributed by atoms with E-state index in [1.807, 2.05) is 38.1 Å². The number of carbonyl (C=O) groups is 1. The molecule has 0 aromatic heterocycles. The quantitative estimate of drug-likeness (QED) is 0.806. The SMILES string of the molecule is CCCC(C)(C(N)=O)c1ccc(C)cc1. The van der Waals surface area contributed by atoms with Gasteiger partial charge in [0.1, 0.15) is 0 Å². The molecule has 2 heteroatoms. The van der Waals surface area contributed by atoms with Gasteiger partial charge < -0.3 is 5.73 Å². The van der Waals surface area contributed by atoms with Crippen LogP contribution >= 0.6 is 0 Å². The zero-order chi connectivity index (χ0) is 11.5. The van der Waals surface area contributed by atoms with Gasteiger partial charge in [0.25, 0.3) is 0 Å². The van der Waals surface area contributed by atoms with Gasteiger partial charge in [-0.1, -0.05) is 43.2 Å². The van der Waals surface area contributed by atoms with Crippen molar-refractivity contribution in [3.8, 4) is 0 Å². The Morgan fingerprint density at radius 1 is 1.33 bits per heavy atom. The lowest BCUT2D eigenvalue weighted by Crippen LogP contribution is -2.38. The zero-order valence-corrected chi connectivity index (χ0v) is 9.71. The first-order valence-corrected chi connectivity index (χ1v) is 5.37. The van der Waals surface area contributed by atoms with Crippen LogP contribution in [-0.4, -0.2) is 5.91 Å². The Kier molecular flexibility index (Phi) is 3.51. The first-order chi connectivity index (χ1) is 7.00. The summed E-state index contributed by atoms with van der Waals surface area (Å²) in [5, 5.41) is 0. The van der Waals surface area contributed by atoms with Gasteiger partial charge in [-0.15, -0.1) is 0 Å². The highest BCUT2D eigenvalue weighted by molar-refractivity contribution is 5.86. The third-order valence-corrected chi connectivity index (χ3v) is 2.98. The molecule has 0 aliphatic heterocycles. The monoisotopic (exact) mass is 205 g/mol. The molecule has 2 N–H and O–H groups in total. The van der Waals surface area contributed by atoms with Crippen molar-refractivity contribution in [1.29, 1.82) is 0 Å². The van der Waals surface area contributed by atoms with Crippen LogP contribution < -0.4 is 5.73 Å². The maximum atomic E-state index is 11.5. The highest BCUT2D eigenvalue weighted by Gasteiger charge is 2.31. The molecule has 0 aliphatic carbocycles. The van der Waals surface area contributed by atoms with Gasteiger partial charge in [0.15, 0.2) is 0 Å². The molecule has 1 amide bonds. The van der Waals surface area contributed by atoms with Crippen molar-refractivity contribution in [2.45, 2.75) is 39.0 Å². The van der Waals surface area contributed by atoms with Crippen molar-refractivity contribution in [3.63, 3.8) is 0 Å². The first-order valence-electron chi connectivity index (χ1n) is 5.37. The van der Waals surface area contributed by atoms with E-state index in [-0.39, 0.29) is 5.91 Å². The van der Waals surface area contributed by atoms with Crippen LogP contribution in [-0.2, 0) is 10.2 Å². The Hall–Kier alpha value is -1.31. The van der Waals surface area contributed by atoms with E-state index < -0.39 is 5.41 Å². The topological polar surface area (TPSA) is 43.1 Å². The molecule has 0 bridgehead atoms. The fraction of sp³-hybridized carbons (Fsp3) is 0.462. The summed E-state index contributed by atoms with van der Waals surface area (Å²) in [6, 6.07) is 8.03. The van der Waals surface area contributed by atoms with E-state index in [9.17, 15) is 4.79 Å². The molecule has 82 valence electrons. The van der Waals surface area contributed by atoms with Crippen LogP contribution in [0.4, 0.5) is 0 Å². The molecule has 1 atom stereocenters. The van der Waals surface area contributed by atoms with E-state index in [0.717, 1.165) is 18.4 Å². The molecular formula is C13H19NO. The summed E-state index contributed by atoms with van der Waals surface area (Å²) < 4.78 is 0. The van der Waals surface area contributed by atoms with E-state index in [0.29, 0.717) is 0 Å². The fourth-order valence-corrected chi connectivity index (χ4v) is 1.83. The number of rotatable bonds is 4. The van der Waals surface area contributed by atoms with Crippen LogP contribution in [0.5, 0.6) is 0 Å². The standard InChI is InChI=1S/C13H19NO/c1-4-9-13(3,12(14)15)11-7-5-10(2)6-8-11/h5-8H,4,9H2,1-3H3,(H2,14,15). The van der Waals surface area contributed by atoms with Crippen molar-refractivity contribution in [1.82, 2.24) is 0 Å². The summed E-state index contributed by atoms with van der Waals surface area (Å²) in [6.45, 7) is 6.02. The minimum Gasteiger partial charge on any atom is -0.369 e. The van der Waals surface area contributed by atoms with E-state index in [1.165, 1.54) is 5.56 Å². The molecule has 2 nitrogen and oxygen atoms in total. The molecule has 1 aromatic carbocycles. The highest BCUT2D eigenvalue weighted by atomic mass is 16.1. The average molecular weight is 205 g/mol. The number of aryl methyl sites for hydroxylation is 1. The van der Waals surface area contributed by atoms with Crippen LogP contribution in [0.15, 0.2) is 24.3 Å². The van der Waals surface area contributed by atoms with Gasteiger partial charge in [-0.25, -0.2) is 0 Å². The number of carbonyl (C=O) groups excluding carboxylic acids is 1. The van der Waals surface area contributed by atoms with Crippen molar-refractivity contribution in [3.05, 3.63) is 35.4 Å². The van der Waals surface area contributed by atoms with E-state index in [4.69, 9.17) is 5.73 Å². The van der Waals surface area contributed by atoms with Gasteiger partial charge in [-0.2, -0.15) is 0 Å². The molecule has 0 spiro atoms. The van der Waals surface area contributed by atoms with Crippen LogP contribution in [0.2, 0.25) is 0 Å². The van der Waals surface area contributed by atoms with Crippen LogP contribution in [0, 0.1) is 6.92 Å². The minimum absolute atomic E-state index is 0.242. The summed E-state index contributed by atoms with van der Waals surface area (Å²) in [7, 11) is 0. The second-order valence-corrected chi connectivity index (χ2v) is 4.31. The van der Waals surface area contributed by atoms with Crippen LogP contribution in [0.3, 0.4) is 0 Å². The zero-order valence-electron chi connectivity index (χ0n) is 9.71. The van der Waals surface area contributed by atoms with Crippen molar-refractivity contribution < 1.29 is 4.79 Å². The Bertz CT molecular complexity index is 342.